The zero-order valence-electron chi connectivity index (χ0n) is 11.0. The zero-order chi connectivity index (χ0) is 14.8. The van der Waals surface area contributed by atoms with E-state index in [1.54, 1.807) is 6.07 Å². The number of sulfonamides is 1. The molecule has 1 atom stereocenters. The van der Waals surface area contributed by atoms with Crippen LogP contribution in [0.5, 0.6) is 0 Å². The lowest BCUT2D eigenvalue weighted by Crippen LogP contribution is -2.45. The van der Waals surface area contributed by atoms with Crippen molar-refractivity contribution < 1.29 is 13.2 Å². The summed E-state index contributed by atoms with van der Waals surface area (Å²) in [6.45, 7) is 2.46. The number of benzene rings is 1. The fourth-order valence-corrected chi connectivity index (χ4v) is 3.66. The highest BCUT2D eigenvalue weighted by atomic mass is 79.9. The highest BCUT2D eigenvalue weighted by Crippen LogP contribution is 2.25. The quantitative estimate of drug-likeness (QED) is 0.860. The Morgan fingerprint density at radius 2 is 2.30 bits per heavy atom. The Kier molecular flexibility index (Phi) is 5.44. The van der Waals surface area contributed by atoms with Gasteiger partial charge >= 0.3 is 0 Å². The van der Waals surface area contributed by atoms with Crippen molar-refractivity contribution in [3.8, 4) is 0 Å². The molecule has 2 rings (SSSR count). The number of halogens is 2. The van der Waals surface area contributed by atoms with E-state index in [-0.39, 0.29) is 17.5 Å². The number of nitrogens with zero attached hydrogens (tertiary/aromatic N) is 1. The highest BCUT2D eigenvalue weighted by molar-refractivity contribution is 9.10. The Morgan fingerprint density at radius 3 is 2.95 bits per heavy atom. The van der Waals surface area contributed by atoms with Gasteiger partial charge in [0.15, 0.2) is 0 Å². The second kappa shape index (κ2) is 6.72. The van der Waals surface area contributed by atoms with Crippen LogP contribution in [0.15, 0.2) is 27.6 Å². The Balaban J connectivity index is 2.01. The number of hydrogen-bond donors (Lipinski definition) is 1. The van der Waals surface area contributed by atoms with Crippen LogP contribution in [0.2, 0.25) is 5.02 Å². The molecule has 0 aromatic heterocycles. The third kappa shape index (κ3) is 4.16. The van der Waals surface area contributed by atoms with Gasteiger partial charge < -0.3 is 9.64 Å². The minimum Gasteiger partial charge on any atom is -0.374 e. The van der Waals surface area contributed by atoms with Crippen molar-refractivity contribution in [2.75, 3.05) is 33.3 Å². The third-order valence-electron chi connectivity index (χ3n) is 3.04. The molecule has 0 spiro atoms. The van der Waals surface area contributed by atoms with Gasteiger partial charge in [-0.25, -0.2) is 13.1 Å². The third-order valence-corrected chi connectivity index (χ3v) is 5.68. The molecule has 1 aliphatic heterocycles. The molecule has 20 heavy (non-hydrogen) atoms. The Hall–Kier alpha value is -0.180. The second-order valence-electron chi connectivity index (χ2n) is 4.68. The van der Waals surface area contributed by atoms with Gasteiger partial charge in [0, 0.05) is 24.1 Å². The number of morpholine rings is 1. The van der Waals surface area contributed by atoms with Crippen LogP contribution in [0.1, 0.15) is 0 Å². The fourth-order valence-electron chi connectivity index (χ4n) is 1.92. The molecule has 1 saturated heterocycles. The predicted octanol–water partition coefficient (Wildman–Crippen LogP) is 1.71. The van der Waals surface area contributed by atoms with Gasteiger partial charge in [0.25, 0.3) is 0 Å². The molecule has 1 fully saturated rings. The first kappa shape index (κ1) is 16.2. The Morgan fingerprint density at radius 1 is 1.55 bits per heavy atom. The summed E-state index contributed by atoms with van der Waals surface area (Å²) in [5, 5.41) is 0.473. The van der Waals surface area contributed by atoms with E-state index in [1.165, 1.54) is 12.1 Å². The molecule has 0 amide bonds. The zero-order valence-corrected chi connectivity index (χ0v) is 14.1. The summed E-state index contributed by atoms with van der Waals surface area (Å²) in [5.74, 6) is 0. The first-order valence-corrected chi connectivity index (χ1v) is 8.79. The fraction of sp³-hybridized carbons (Fsp3) is 0.500. The minimum atomic E-state index is -3.55. The molecule has 1 aliphatic rings. The van der Waals surface area contributed by atoms with Crippen LogP contribution in [-0.4, -0.2) is 52.7 Å². The summed E-state index contributed by atoms with van der Waals surface area (Å²) in [6, 6.07) is 4.51. The summed E-state index contributed by atoms with van der Waals surface area (Å²) >= 11 is 9.08. The number of likely N-dealkylation sites (N-methyl/N-ethyl adjacent to an activating group) is 1. The number of nitrogens with one attached hydrogen (secondary N) is 1. The first-order valence-electron chi connectivity index (χ1n) is 6.13. The van der Waals surface area contributed by atoms with Gasteiger partial charge in [-0.2, -0.15) is 0 Å². The minimum absolute atomic E-state index is 0.126. The molecular formula is C12H16BrClN2O3S. The lowest BCUT2D eigenvalue weighted by molar-refractivity contribution is -0.0156. The lowest BCUT2D eigenvalue weighted by Gasteiger charge is -2.30. The largest absolute Gasteiger partial charge is 0.374 e. The molecule has 1 unspecified atom stereocenters. The standard InChI is InChI=1S/C12H16BrClN2O3S/c1-16-4-5-19-9(8-16)7-15-20(17,18)10-2-3-12(14)11(13)6-10/h2-3,6,9,15H,4-5,7-8H2,1H3. The second-order valence-corrected chi connectivity index (χ2v) is 7.71. The van der Waals surface area contributed by atoms with E-state index in [4.69, 9.17) is 16.3 Å². The monoisotopic (exact) mass is 382 g/mol. The van der Waals surface area contributed by atoms with Crippen molar-refractivity contribution in [2.45, 2.75) is 11.0 Å². The highest BCUT2D eigenvalue weighted by Gasteiger charge is 2.21. The van der Waals surface area contributed by atoms with E-state index in [1.807, 2.05) is 7.05 Å². The molecular weight excluding hydrogens is 368 g/mol. The van der Waals surface area contributed by atoms with Gasteiger partial charge in [-0.3, -0.25) is 0 Å². The SMILES string of the molecule is CN1CCOC(CNS(=O)(=O)c2ccc(Cl)c(Br)c2)C1. The number of hydrogen-bond acceptors (Lipinski definition) is 4. The van der Waals surface area contributed by atoms with E-state index in [9.17, 15) is 8.42 Å². The van der Waals surface area contributed by atoms with Crippen LogP contribution in [0.25, 0.3) is 0 Å². The maximum absolute atomic E-state index is 12.2. The van der Waals surface area contributed by atoms with Crippen molar-refractivity contribution in [1.29, 1.82) is 0 Å². The maximum Gasteiger partial charge on any atom is 0.240 e. The average molecular weight is 384 g/mol. The summed E-state index contributed by atoms with van der Waals surface area (Å²) in [7, 11) is -1.57. The van der Waals surface area contributed by atoms with Gasteiger partial charge in [0.1, 0.15) is 0 Å². The summed E-state index contributed by atoms with van der Waals surface area (Å²) in [6.07, 6.45) is -0.126. The van der Waals surface area contributed by atoms with Crippen LogP contribution in [0.4, 0.5) is 0 Å². The summed E-state index contributed by atoms with van der Waals surface area (Å²) < 4.78 is 33.0. The molecule has 0 radical (unpaired) electrons. The summed E-state index contributed by atoms with van der Waals surface area (Å²) in [5.41, 5.74) is 0. The Labute approximate surface area is 132 Å². The molecule has 8 heteroatoms. The molecule has 1 aromatic carbocycles. The lowest BCUT2D eigenvalue weighted by atomic mass is 10.3. The topological polar surface area (TPSA) is 58.6 Å². The van der Waals surface area contributed by atoms with Crippen LogP contribution >= 0.6 is 27.5 Å². The van der Waals surface area contributed by atoms with Gasteiger partial charge in [-0.1, -0.05) is 11.6 Å². The molecule has 1 N–H and O–H groups in total. The smallest absolute Gasteiger partial charge is 0.240 e. The van der Waals surface area contributed by atoms with Crippen LogP contribution in [0.3, 0.4) is 0 Å². The number of rotatable bonds is 4. The maximum atomic E-state index is 12.2. The van der Waals surface area contributed by atoms with Crippen LogP contribution < -0.4 is 4.72 Å². The molecule has 0 aliphatic carbocycles. The first-order chi connectivity index (χ1) is 9.38. The van der Waals surface area contributed by atoms with Gasteiger partial charge in [-0.15, -0.1) is 0 Å². The Bertz CT molecular complexity index is 582. The summed E-state index contributed by atoms with van der Waals surface area (Å²) in [4.78, 5) is 2.29. The van der Waals surface area contributed by atoms with Crippen molar-refractivity contribution in [2.24, 2.45) is 0 Å². The molecule has 0 bridgehead atoms. The predicted molar refractivity (Wildman–Crippen MR) is 81.6 cm³/mol. The van der Waals surface area contributed by atoms with Gasteiger partial charge in [0.05, 0.1) is 22.6 Å². The molecule has 1 aromatic rings. The van der Waals surface area contributed by atoms with E-state index in [0.29, 0.717) is 22.6 Å². The van der Waals surface area contributed by atoms with Crippen LogP contribution in [-0.2, 0) is 14.8 Å². The average Bonchev–Trinajstić information content (AvgIpc) is 2.40. The number of ether oxygens (including phenoxy) is 1. The normalized spacial score (nSPS) is 21.1. The molecule has 1 heterocycles. The van der Waals surface area contributed by atoms with Crippen molar-refractivity contribution in [3.05, 3.63) is 27.7 Å². The van der Waals surface area contributed by atoms with Crippen molar-refractivity contribution in [1.82, 2.24) is 9.62 Å². The molecule has 0 saturated carbocycles. The molecule has 112 valence electrons. The van der Waals surface area contributed by atoms with E-state index >= 15 is 0 Å². The van der Waals surface area contributed by atoms with Crippen molar-refractivity contribution in [3.63, 3.8) is 0 Å². The molecule has 5 nitrogen and oxygen atoms in total. The van der Waals surface area contributed by atoms with Gasteiger partial charge in [0.2, 0.25) is 10.0 Å². The van der Waals surface area contributed by atoms with Crippen LogP contribution in [0, 0.1) is 0 Å². The van der Waals surface area contributed by atoms with E-state index in [0.717, 1.165) is 6.54 Å². The van der Waals surface area contributed by atoms with E-state index in [2.05, 4.69) is 25.6 Å². The van der Waals surface area contributed by atoms with E-state index < -0.39 is 10.0 Å². The van der Waals surface area contributed by atoms with Gasteiger partial charge in [-0.05, 0) is 41.2 Å². The van der Waals surface area contributed by atoms with Crippen molar-refractivity contribution >= 4 is 37.6 Å².